The number of carbonyl (C=O) groups excluding carboxylic acids is 1. The van der Waals surface area contributed by atoms with E-state index in [4.69, 9.17) is 5.73 Å². The topological polar surface area (TPSA) is 56.0 Å². The van der Waals surface area contributed by atoms with Crippen LogP contribution in [0.2, 0.25) is 0 Å². The lowest BCUT2D eigenvalue weighted by Crippen LogP contribution is -2.00. The number of hydrogen-bond donors (Lipinski definition) is 1. The van der Waals surface area contributed by atoms with Gasteiger partial charge in [0.1, 0.15) is 11.5 Å². The molecule has 13 heavy (non-hydrogen) atoms. The van der Waals surface area contributed by atoms with Crippen molar-refractivity contribution in [2.45, 2.75) is 6.43 Å². The summed E-state index contributed by atoms with van der Waals surface area (Å²) in [5.74, 6) is -0.0967. The first kappa shape index (κ1) is 10.0. The van der Waals surface area contributed by atoms with Gasteiger partial charge in [-0.1, -0.05) is 0 Å². The molecule has 0 unspecified atom stereocenters. The molecule has 2 N–H and O–H groups in total. The number of aldehydes is 1. The lowest BCUT2D eigenvalue weighted by atomic mass is 10.2. The number of aromatic nitrogens is 1. The van der Waals surface area contributed by atoms with Gasteiger partial charge in [0.25, 0.3) is 6.43 Å². The van der Waals surface area contributed by atoms with Crippen LogP contribution in [0.4, 0.5) is 14.6 Å². The standard InChI is InChI=1S/C7H5BrF2N2O/c8-6-3(7(9)10)1-5(11)12-4(6)2-13/h1-2,7H,(H2,11,12). The van der Waals surface area contributed by atoms with Gasteiger partial charge in [0.05, 0.1) is 4.47 Å². The summed E-state index contributed by atoms with van der Waals surface area (Å²) in [4.78, 5) is 13.9. The minimum absolute atomic E-state index is 0.00769. The molecule has 6 heteroatoms. The molecule has 70 valence electrons. The number of rotatable bonds is 2. The monoisotopic (exact) mass is 250 g/mol. The predicted molar refractivity (Wildman–Crippen MR) is 46.7 cm³/mol. The van der Waals surface area contributed by atoms with Gasteiger partial charge in [-0.25, -0.2) is 13.8 Å². The molecule has 1 heterocycles. The highest BCUT2D eigenvalue weighted by Crippen LogP contribution is 2.29. The lowest BCUT2D eigenvalue weighted by molar-refractivity contribution is 0.111. The molecule has 0 saturated carbocycles. The third kappa shape index (κ3) is 2.00. The van der Waals surface area contributed by atoms with E-state index in [1.165, 1.54) is 0 Å². The van der Waals surface area contributed by atoms with Gasteiger partial charge in [-0.3, -0.25) is 4.79 Å². The van der Waals surface area contributed by atoms with Gasteiger partial charge in [-0.15, -0.1) is 0 Å². The number of nitrogens with two attached hydrogens (primary N) is 1. The molecule has 0 saturated heterocycles. The van der Waals surface area contributed by atoms with Crippen molar-refractivity contribution in [2.75, 3.05) is 5.73 Å². The molecule has 1 rings (SSSR count). The Labute approximate surface area is 81.1 Å². The molecular weight excluding hydrogens is 246 g/mol. The van der Waals surface area contributed by atoms with E-state index in [1.807, 2.05) is 0 Å². The highest BCUT2D eigenvalue weighted by Gasteiger charge is 2.16. The summed E-state index contributed by atoms with van der Waals surface area (Å²) >= 11 is 2.85. The number of nitrogen functional groups attached to an aromatic ring is 1. The van der Waals surface area contributed by atoms with Crippen LogP contribution in [0.15, 0.2) is 10.5 Å². The molecule has 0 atom stereocenters. The third-order valence-electron chi connectivity index (χ3n) is 1.38. The molecule has 0 aromatic carbocycles. The Bertz CT molecular complexity index is 344. The SMILES string of the molecule is Nc1cc(C(F)F)c(Br)c(C=O)n1. The summed E-state index contributed by atoms with van der Waals surface area (Å²) in [6.45, 7) is 0. The number of nitrogens with zero attached hydrogens (tertiary/aromatic N) is 1. The van der Waals surface area contributed by atoms with E-state index in [1.54, 1.807) is 0 Å². The number of pyridine rings is 1. The van der Waals surface area contributed by atoms with Gasteiger partial charge >= 0.3 is 0 Å². The van der Waals surface area contributed by atoms with Crippen LogP contribution >= 0.6 is 15.9 Å². The van der Waals surface area contributed by atoms with E-state index in [9.17, 15) is 13.6 Å². The molecule has 0 aliphatic heterocycles. The van der Waals surface area contributed by atoms with Crippen LogP contribution in [0, 0.1) is 0 Å². The van der Waals surface area contributed by atoms with Crippen LogP contribution in [0.1, 0.15) is 22.5 Å². The zero-order chi connectivity index (χ0) is 10.0. The van der Waals surface area contributed by atoms with Crippen LogP contribution in [0.5, 0.6) is 0 Å². The Balaban J connectivity index is 3.35. The van der Waals surface area contributed by atoms with E-state index in [2.05, 4.69) is 20.9 Å². The van der Waals surface area contributed by atoms with E-state index in [0.717, 1.165) is 6.07 Å². The van der Waals surface area contributed by atoms with Crippen LogP contribution < -0.4 is 5.73 Å². The molecule has 3 nitrogen and oxygen atoms in total. The maximum Gasteiger partial charge on any atom is 0.265 e. The number of anilines is 1. The Morgan fingerprint density at radius 3 is 2.69 bits per heavy atom. The molecule has 0 spiro atoms. The lowest BCUT2D eigenvalue weighted by Gasteiger charge is -2.05. The Kier molecular flexibility index (Phi) is 2.92. The van der Waals surface area contributed by atoms with Crippen LogP contribution in [-0.4, -0.2) is 11.3 Å². The predicted octanol–water partition coefficient (Wildman–Crippen LogP) is 2.18. The van der Waals surface area contributed by atoms with Crippen molar-refractivity contribution in [1.82, 2.24) is 4.98 Å². The van der Waals surface area contributed by atoms with E-state index in [0.29, 0.717) is 6.29 Å². The van der Waals surface area contributed by atoms with Crippen LogP contribution in [-0.2, 0) is 0 Å². The highest BCUT2D eigenvalue weighted by atomic mass is 79.9. The molecule has 1 aromatic rings. The van der Waals surface area contributed by atoms with Gasteiger partial charge in [-0.2, -0.15) is 0 Å². The average Bonchev–Trinajstić information content (AvgIpc) is 2.08. The van der Waals surface area contributed by atoms with Gasteiger partial charge in [0.2, 0.25) is 0 Å². The first-order valence-electron chi connectivity index (χ1n) is 3.25. The summed E-state index contributed by atoms with van der Waals surface area (Å²) in [7, 11) is 0. The first-order chi connectivity index (χ1) is 6.06. The van der Waals surface area contributed by atoms with E-state index < -0.39 is 6.43 Å². The molecule has 1 aromatic heterocycles. The maximum absolute atomic E-state index is 12.3. The maximum atomic E-state index is 12.3. The van der Waals surface area contributed by atoms with Crippen molar-refractivity contribution in [2.24, 2.45) is 0 Å². The van der Waals surface area contributed by atoms with Crippen LogP contribution in [0.25, 0.3) is 0 Å². The fourth-order valence-electron chi connectivity index (χ4n) is 0.828. The summed E-state index contributed by atoms with van der Waals surface area (Å²) in [5, 5.41) is 0. The second kappa shape index (κ2) is 3.78. The molecule has 0 aliphatic rings. The summed E-state index contributed by atoms with van der Waals surface area (Å²) < 4.78 is 24.6. The third-order valence-corrected chi connectivity index (χ3v) is 2.24. The minimum atomic E-state index is -2.68. The first-order valence-corrected chi connectivity index (χ1v) is 4.04. The van der Waals surface area contributed by atoms with Crippen molar-refractivity contribution in [3.05, 3.63) is 21.8 Å². The molecule has 0 radical (unpaired) electrons. The number of halogens is 3. The highest BCUT2D eigenvalue weighted by molar-refractivity contribution is 9.10. The Morgan fingerprint density at radius 2 is 2.23 bits per heavy atom. The molecular formula is C7H5BrF2N2O. The van der Waals surface area contributed by atoms with Crippen molar-refractivity contribution < 1.29 is 13.6 Å². The zero-order valence-corrected chi connectivity index (χ0v) is 7.88. The van der Waals surface area contributed by atoms with E-state index >= 15 is 0 Å². The van der Waals surface area contributed by atoms with Crippen molar-refractivity contribution in [3.63, 3.8) is 0 Å². The smallest absolute Gasteiger partial charge is 0.265 e. The van der Waals surface area contributed by atoms with Gasteiger partial charge in [-0.05, 0) is 22.0 Å². The number of carbonyl (C=O) groups is 1. The van der Waals surface area contributed by atoms with Crippen molar-refractivity contribution in [3.8, 4) is 0 Å². The second-order valence-corrected chi connectivity index (χ2v) is 3.05. The fraction of sp³-hybridized carbons (Fsp3) is 0.143. The Hall–Kier alpha value is -1.04. The van der Waals surface area contributed by atoms with Crippen LogP contribution in [0.3, 0.4) is 0 Å². The normalized spacial score (nSPS) is 10.5. The molecule has 0 bridgehead atoms. The molecule has 0 fully saturated rings. The quantitative estimate of drug-likeness (QED) is 0.819. The average molecular weight is 251 g/mol. The largest absolute Gasteiger partial charge is 0.384 e. The second-order valence-electron chi connectivity index (χ2n) is 2.25. The van der Waals surface area contributed by atoms with Crippen molar-refractivity contribution >= 4 is 28.0 Å². The van der Waals surface area contributed by atoms with Gasteiger partial charge in [0.15, 0.2) is 6.29 Å². The fourth-order valence-corrected chi connectivity index (χ4v) is 1.30. The minimum Gasteiger partial charge on any atom is -0.384 e. The summed E-state index contributed by atoms with van der Waals surface area (Å²) in [5.41, 5.74) is 4.78. The summed E-state index contributed by atoms with van der Waals surface area (Å²) in [6, 6.07) is 1.03. The van der Waals surface area contributed by atoms with Gasteiger partial charge < -0.3 is 5.73 Å². The molecule has 0 aliphatic carbocycles. The van der Waals surface area contributed by atoms with E-state index in [-0.39, 0.29) is 21.5 Å². The van der Waals surface area contributed by atoms with Gasteiger partial charge in [0, 0.05) is 5.56 Å². The van der Waals surface area contributed by atoms with Crippen molar-refractivity contribution in [1.29, 1.82) is 0 Å². The Morgan fingerprint density at radius 1 is 1.62 bits per heavy atom. The summed E-state index contributed by atoms with van der Waals surface area (Å²) in [6.07, 6.45) is -2.31. The zero-order valence-electron chi connectivity index (χ0n) is 6.30. The number of hydrogen-bond acceptors (Lipinski definition) is 3. The number of alkyl halides is 2. The molecule has 0 amide bonds.